The van der Waals surface area contributed by atoms with Gasteiger partial charge in [-0.1, -0.05) is 19.3 Å². The van der Waals surface area contributed by atoms with Gasteiger partial charge in [-0.3, -0.25) is 4.79 Å². The molecule has 2 rings (SSSR count). The van der Waals surface area contributed by atoms with E-state index in [0.29, 0.717) is 11.9 Å². The zero-order valence-electron chi connectivity index (χ0n) is 12.0. The van der Waals surface area contributed by atoms with Gasteiger partial charge in [-0.2, -0.15) is 0 Å². The number of carbonyl (C=O) groups is 1. The van der Waals surface area contributed by atoms with Crippen LogP contribution >= 0.6 is 0 Å². The van der Waals surface area contributed by atoms with Crippen molar-refractivity contribution in [2.24, 2.45) is 5.92 Å². The van der Waals surface area contributed by atoms with Crippen molar-refractivity contribution in [3.63, 3.8) is 0 Å². The highest BCUT2D eigenvalue weighted by atomic mass is 16.2. The Morgan fingerprint density at radius 1 is 1.06 bits per heavy atom. The minimum Gasteiger partial charge on any atom is -0.341 e. The first-order chi connectivity index (χ1) is 8.68. The molecule has 1 saturated carbocycles. The lowest BCUT2D eigenvalue weighted by Gasteiger charge is -2.34. The molecule has 2 atom stereocenters. The van der Waals surface area contributed by atoms with Crippen LogP contribution in [0.2, 0.25) is 0 Å². The number of likely N-dealkylation sites (tertiary alicyclic amines) is 1. The van der Waals surface area contributed by atoms with Crippen molar-refractivity contribution in [1.29, 1.82) is 0 Å². The number of amides is 1. The van der Waals surface area contributed by atoms with Gasteiger partial charge in [0.15, 0.2) is 0 Å². The van der Waals surface area contributed by atoms with Gasteiger partial charge in [-0.05, 0) is 45.4 Å². The summed E-state index contributed by atoms with van der Waals surface area (Å²) < 4.78 is 0. The van der Waals surface area contributed by atoms with Crippen LogP contribution in [0, 0.1) is 5.92 Å². The van der Waals surface area contributed by atoms with Crippen LogP contribution in [0.5, 0.6) is 0 Å². The highest BCUT2D eigenvalue weighted by Crippen LogP contribution is 2.29. The largest absolute Gasteiger partial charge is 0.341 e. The molecule has 2 aliphatic rings. The fourth-order valence-corrected chi connectivity index (χ4v) is 3.11. The van der Waals surface area contributed by atoms with Crippen molar-refractivity contribution < 1.29 is 4.79 Å². The number of nitrogens with one attached hydrogen (secondary N) is 1. The van der Waals surface area contributed by atoms with E-state index >= 15 is 0 Å². The van der Waals surface area contributed by atoms with Gasteiger partial charge < -0.3 is 10.2 Å². The summed E-state index contributed by atoms with van der Waals surface area (Å²) in [4.78, 5) is 14.4. The van der Waals surface area contributed by atoms with Crippen LogP contribution < -0.4 is 5.32 Å². The van der Waals surface area contributed by atoms with Gasteiger partial charge in [0.1, 0.15) is 0 Å². The van der Waals surface area contributed by atoms with E-state index in [1.807, 2.05) is 6.92 Å². The summed E-state index contributed by atoms with van der Waals surface area (Å²) in [5.41, 5.74) is 0. The van der Waals surface area contributed by atoms with Crippen molar-refractivity contribution in [3.05, 3.63) is 0 Å². The third-order valence-electron chi connectivity index (χ3n) is 4.66. The topological polar surface area (TPSA) is 32.3 Å². The van der Waals surface area contributed by atoms with Gasteiger partial charge >= 0.3 is 0 Å². The molecule has 0 aromatic heterocycles. The predicted molar refractivity (Wildman–Crippen MR) is 74.4 cm³/mol. The molecule has 18 heavy (non-hydrogen) atoms. The Balaban J connectivity index is 1.79. The molecule has 1 aliphatic carbocycles. The molecular formula is C15H28N2O. The fourth-order valence-electron chi connectivity index (χ4n) is 3.11. The molecule has 3 nitrogen and oxygen atoms in total. The Bertz CT molecular complexity index is 268. The molecule has 1 amide bonds. The third-order valence-corrected chi connectivity index (χ3v) is 4.66. The highest BCUT2D eigenvalue weighted by Gasteiger charge is 2.28. The van der Waals surface area contributed by atoms with E-state index in [-0.39, 0.29) is 6.04 Å². The van der Waals surface area contributed by atoms with E-state index in [2.05, 4.69) is 17.1 Å². The van der Waals surface area contributed by atoms with Crippen LogP contribution in [-0.2, 0) is 4.79 Å². The summed E-state index contributed by atoms with van der Waals surface area (Å²) in [5, 5.41) is 3.51. The molecule has 104 valence electrons. The van der Waals surface area contributed by atoms with Crippen LogP contribution in [0.15, 0.2) is 0 Å². The van der Waals surface area contributed by atoms with Gasteiger partial charge in [0.05, 0.1) is 6.04 Å². The Morgan fingerprint density at radius 2 is 1.67 bits per heavy atom. The van der Waals surface area contributed by atoms with Gasteiger partial charge in [-0.25, -0.2) is 0 Å². The fraction of sp³-hybridized carbons (Fsp3) is 0.933. The van der Waals surface area contributed by atoms with Crippen LogP contribution in [0.4, 0.5) is 0 Å². The molecule has 1 heterocycles. The summed E-state index contributed by atoms with van der Waals surface area (Å²) in [6, 6.07) is 0.475. The molecular weight excluding hydrogens is 224 g/mol. The summed E-state index contributed by atoms with van der Waals surface area (Å²) >= 11 is 0. The summed E-state index contributed by atoms with van der Waals surface area (Å²) in [5.74, 6) is 1.10. The molecule has 1 N–H and O–H groups in total. The minimum absolute atomic E-state index is 0.0151. The van der Waals surface area contributed by atoms with E-state index in [1.54, 1.807) is 0 Å². The first-order valence-corrected chi connectivity index (χ1v) is 7.73. The normalized spacial score (nSPS) is 25.1. The molecule has 0 aromatic carbocycles. The average molecular weight is 252 g/mol. The second kappa shape index (κ2) is 6.55. The number of carbonyl (C=O) groups excluding carboxylic acids is 1. The molecule has 0 radical (unpaired) electrons. The monoisotopic (exact) mass is 252 g/mol. The van der Waals surface area contributed by atoms with E-state index < -0.39 is 0 Å². The number of hydrogen-bond acceptors (Lipinski definition) is 2. The van der Waals surface area contributed by atoms with Gasteiger partial charge in [-0.15, -0.1) is 0 Å². The zero-order chi connectivity index (χ0) is 13.0. The third kappa shape index (κ3) is 3.47. The second-order valence-electron chi connectivity index (χ2n) is 6.11. The lowest BCUT2D eigenvalue weighted by atomic mass is 9.80. The molecule has 2 unspecified atom stereocenters. The molecule has 3 heteroatoms. The Hall–Kier alpha value is -0.570. The van der Waals surface area contributed by atoms with E-state index in [1.165, 1.54) is 44.9 Å². The summed E-state index contributed by atoms with van der Waals surface area (Å²) in [7, 11) is 0. The van der Waals surface area contributed by atoms with E-state index in [9.17, 15) is 4.79 Å². The van der Waals surface area contributed by atoms with Gasteiger partial charge in [0, 0.05) is 19.1 Å². The van der Waals surface area contributed by atoms with Crippen molar-refractivity contribution in [3.8, 4) is 0 Å². The van der Waals surface area contributed by atoms with Crippen molar-refractivity contribution >= 4 is 5.91 Å². The molecule has 1 saturated heterocycles. The minimum atomic E-state index is -0.0151. The maximum atomic E-state index is 12.4. The van der Waals surface area contributed by atoms with E-state index in [4.69, 9.17) is 0 Å². The number of nitrogens with zero attached hydrogens (tertiary/aromatic N) is 1. The Kier molecular flexibility index (Phi) is 5.04. The van der Waals surface area contributed by atoms with Crippen molar-refractivity contribution in [2.45, 2.75) is 70.9 Å². The van der Waals surface area contributed by atoms with Gasteiger partial charge in [0.25, 0.3) is 0 Å². The van der Waals surface area contributed by atoms with Crippen LogP contribution in [0.25, 0.3) is 0 Å². The predicted octanol–water partition coefficient (Wildman–Crippen LogP) is 2.56. The van der Waals surface area contributed by atoms with Crippen LogP contribution in [-0.4, -0.2) is 36.0 Å². The van der Waals surface area contributed by atoms with Crippen molar-refractivity contribution in [1.82, 2.24) is 10.2 Å². The SMILES string of the molecule is CC(NC(C)C1CCC1)C(=O)N1CCCCCC1. The first-order valence-electron chi connectivity index (χ1n) is 7.73. The Labute approximate surface area is 111 Å². The smallest absolute Gasteiger partial charge is 0.239 e. The first kappa shape index (κ1) is 13.9. The van der Waals surface area contributed by atoms with Crippen LogP contribution in [0.1, 0.15) is 58.8 Å². The Morgan fingerprint density at radius 3 is 2.17 bits per heavy atom. The lowest BCUT2D eigenvalue weighted by Crippen LogP contribution is -2.50. The van der Waals surface area contributed by atoms with E-state index in [0.717, 1.165) is 19.0 Å². The van der Waals surface area contributed by atoms with Crippen LogP contribution in [0.3, 0.4) is 0 Å². The quantitative estimate of drug-likeness (QED) is 0.834. The number of hydrogen-bond donors (Lipinski definition) is 1. The lowest BCUT2D eigenvalue weighted by molar-refractivity contribution is -0.133. The maximum absolute atomic E-state index is 12.4. The molecule has 0 spiro atoms. The zero-order valence-corrected chi connectivity index (χ0v) is 12.0. The molecule has 1 aliphatic heterocycles. The summed E-state index contributed by atoms with van der Waals surface area (Å²) in [6.07, 6.45) is 8.95. The summed E-state index contributed by atoms with van der Waals surface area (Å²) in [6.45, 7) is 6.18. The maximum Gasteiger partial charge on any atom is 0.239 e. The van der Waals surface area contributed by atoms with Gasteiger partial charge in [0.2, 0.25) is 5.91 Å². The molecule has 0 aromatic rings. The standard InChI is InChI=1S/C15H28N2O/c1-12(14-8-7-9-14)16-13(2)15(18)17-10-5-3-4-6-11-17/h12-14,16H,3-11H2,1-2H3. The average Bonchev–Trinajstić information content (AvgIpc) is 2.53. The van der Waals surface area contributed by atoms with Crippen molar-refractivity contribution in [2.75, 3.05) is 13.1 Å². The second-order valence-corrected chi connectivity index (χ2v) is 6.11. The molecule has 0 bridgehead atoms. The number of rotatable bonds is 4. The highest BCUT2D eigenvalue weighted by molar-refractivity contribution is 5.81. The molecule has 2 fully saturated rings.